The number of nitrogen functional groups attached to an aromatic ring is 1. The lowest BCUT2D eigenvalue weighted by molar-refractivity contribution is -0.00437. The Morgan fingerprint density at radius 1 is 1.61 bits per heavy atom. The molecule has 3 N–H and O–H groups in total. The van der Waals surface area contributed by atoms with Gasteiger partial charge >= 0.3 is 0 Å². The van der Waals surface area contributed by atoms with Crippen LogP contribution in [0.5, 0.6) is 0 Å². The highest BCUT2D eigenvalue weighted by Crippen LogP contribution is 2.13. The van der Waals surface area contributed by atoms with Crippen LogP contribution >= 0.6 is 0 Å². The van der Waals surface area contributed by atoms with E-state index in [-0.39, 0.29) is 5.91 Å². The van der Waals surface area contributed by atoms with Gasteiger partial charge in [0, 0.05) is 24.7 Å². The number of nitrogens with one attached hydrogen (secondary N) is 1. The zero-order chi connectivity index (χ0) is 13.0. The first-order valence-electron chi connectivity index (χ1n) is 6.12. The fourth-order valence-corrected chi connectivity index (χ4v) is 2.13. The average molecular weight is 249 g/mol. The van der Waals surface area contributed by atoms with Crippen LogP contribution in [0.4, 0.5) is 0 Å². The van der Waals surface area contributed by atoms with E-state index in [4.69, 9.17) is 10.6 Å². The first-order valence-corrected chi connectivity index (χ1v) is 6.12. The normalized spacial score (nSPS) is 20.7. The van der Waals surface area contributed by atoms with Gasteiger partial charge in [-0.1, -0.05) is 12.1 Å². The summed E-state index contributed by atoms with van der Waals surface area (Å²) in [6.45, 7) is 5.44. The number of amides is 1. The minimum absolute atomic E-state index is 0.258. The van der Waals surface area contributed by atoms with Gasteiger partial charge in [0.25, 0.3) is 5.91 Å². The van der Waals surface area contributed by atoms with E-state index in [0.29, 0.717) is 11.6 Å². The van der Waals surface area contributed by atoms with E-state index in [9.17, 15) is 4.79 Å². The molecule has 0 bridgehead atoms. The Hall–Kier alpha value is -1.43. The predicted octanol–water partition coefficient (Wildman–Crippen LogP) is 0.511. The van der Waals surface area contributed by atoms with Gasteiger partial charge in [0.15, 0.2) is 0 Å². The molecule has 1 fully saturated rings. The van der Waals surface area contributed by atoms with E-state index in [1.165, 1.54) is 0 Å². The molecule has 1 saturated heterocycles. The predicted molar refractivity (Wildman–Crippen MR) is 68.8 cm³/mol. The highest BCUT2D eigenvalue weighted by Gasteiger charge is 2.18. The Morgan fingerprint density at radius 3 is 3.17 bits per heavy atom. The summed E-state index contributed by atoms with van der Waals surface area (Å²) in [6, 6.07) is 7.95. The van der Waals surface area contributed by atoms with Crippen molar-refractivity contribution in [2.75, 3.05) is 19.8 Å². The maximum Gasteiger partial charge on any atom is 0.265 e. The third kappa shape index (κ3) is 3.07. The summed E-state index contributed by atoms with van der Waals surface area (Å²) in [5.41, 5.74) is 3.86. The summed E-state index contributed by atoms with van der Waals surface area (Å²) in [7, 11) is 0. The van der Waals surface area contributed by atoms with E-state index in [2.05, 4.69) is 17.2 Å². The van der Waals surface area contributed by atoms with E-state index < -0.39 is 0 Å². The van der Waals surface area contributed by atoms with Gasteiger partial charge in [-0.25, -0.2) is 5.84 Å². The molecule has 18 heavy (non-hydrogen) atoms. The second-order valence-electron chi connectivity index (χ2n) is 4.57. The molecule has 1 aliphatic rings. The zero-order valence-electron chi connectivity index (χ0n) is 10.6. The fourth-order valence-electron chi connectivity index (χ4n) is 2.13. The van der Waals surface area contributed by atoms with Crippen LogP contribution in [-0.2, 0) is 11.3 Å². The monoisotopic (exact) mass is 249 g/mol. The van der Waals surface area contributed by atoms with Gasteiger partial charge in [-0.15, -0.1) is 0 Å². The van der Waals surface area contributed by atoms with E-state index >= 15 is 0 Å². The third-order valence-corrected chi connectivity index (χ3v) is 3.21. The van der Waals surface area contributed by atoms with Crippen LogP contribution < -0.4 is 11.3 Å². The van der Waals surface area contributed by atoms with Gasteiger partial charge < -0.3 is 4.74 Å². The molecular weight excluding hydrogens is 230 g/mol. The summed E-state index contributed by atoms with van der Waals surface area (Å²) in [4.78, 5) is 13.8. The number of ether oxygens (including phenoxy) is 1. The lowest BCUT2D eigenvalue weighted by Gasteiger charge is -2.33. The Morgan fingerprint density at radius 2 is 2.44 bits per heavy atom. The van der Waals surface area contributed by atoms with Crippen LogP contribution in [0, 0.1) is 0 Å². The molecule has 0 aromatic heterocycles. The molecule has 0 spiro atoms. The van der Waals surface area contributed by atoms with Gasteiger partial charge in [-0.2, -0.15) is 0 Å². The molecule has 1 atom stereocenters. The molecule has 1 aromatic rings. The minimum atomic E-state index is -0.258. The quantitative estimate of drug-likeness (QED) is 0.465. The number of carbonyl (C=O) groups excluding carboxylic acids is 1. The van der Waals surface area contributed by atoms with Crippen molar-refractivity contribution < 1.29 is 9.53 Å². The van der Waals surface area contributed by atoms with Crippen LogP contribution in [-0.4, -0.2) is 36.6 Å². The van der Waals surface area contributed by atoms with Crippen molar-refractivity contribution >= 4 is 5.91 Å². The van der Waals surface area contributed by atoms with Crippen LogP contribution in [0.15, 0.2) is 24.3 Å². The second kappa shape index (κ2) is 5.95. The minimum Gasteiger partial charge on any atom is -0.379 e. The Labute approximate surface area is 107 Å². The molecule has 1 heterocycles. The SMILES string of the molecule is CC1COCCN1Cc1cccc(C(=O)NN)c1. The van der Waals surface area contributed by atoms with Crippen LogP contribution in [0.1, 0.15) is 22.8 Å². The number of nitrogens with zero attached hydrogens (tertiary/aromatic N) is 1. The van der Waals surface area contributed by atoms with Crippen molar-refractivity contribution in [3.05, 3.63) is 35.4 Å². The molecular formula is C13H19N3O2. The van der Waals surface area contributed by atoms with Gasteiger partial charge in [-0.3, -0.25) is 15.1 Å². The molecule has 98 valence electrons. The molecule has 0 aliphatic carbocycles. The Kier molecular flexibility index (Phi) is 4.30. The summed E-state index contributed by atoms with van der Waals surface area (Å²) in [6.07, 6.45) is 0. The van der Waals surface area contributed by atoms with Crippen molar-refractivity contribution in [3.8, 4) is 0 Å². The average Bonchev–Trinajstić information content (AvgIpc) is 2.41. The lowest BCUT2D eigenvalue weighted by Crippen LogP contribution is -2.42. The molecule has 1 amide bonds. The summed E-state index contributed by atoms with van der Waals surface area (Å²) in [5.74, 6) is 4.88. The Balaban J connectivity index is 2.06. The van der Waals surface area contributed by atoms with E-state index in [0.717, 1.165) is 31.9 Å². The largest absolute Gasteiger partial charge is 0.379 e. The van der Waals surface area contributed by atoms with E-state index in [1.807, 2.05) is 18.2 Å². The number of hydrazine groups is 1. The molecule has 2 rings (SSSR count). The number of hydrogen-bond acceptors (Lipinski definition) is 4. The van der Waals surface area contributed by atoms with Crippen LogP contribution in [0.25, 0.3) is 0 Å². The smallest absolute Gasteiger partial charge is 0.265 e. The zero-order valence-corrected chi connectivity index (χ0v) is 10.6. The maximum atomic E-state index is 11.5. The van der Waals surface area contributed by atoms with Crippen molar-refractivity contribution in [1.82, 2.24) is 10.3 Å². The van der Waals surface area contributed by atoms with Crippen molar-refractivity contribution in [2.45, 2.75) is 19.5 Å². The first kappa shape index (κ1) is 13.0. The molecule has 1 aliphatic heterocycles. The highest BCUT2D eigenvalue weighted by atomic mass is 16.5. The molecule has 1 aromatic carbocycles. The van der Waals surface area contributed by atoms with Crippen molar-refractivity contribution in [1.29, 1.82) is 0 Å². The van der Waals surface area contributed by atoms with Crippen molar-refractivity contribution in [2.24, 2.45) is 5.84 Å². The number of hydrogen-bond donors (Lipinski definition) is 2. The molecule has 1 unspecified atom stereocenters. The maximum absolute atomic E-state index is 11.5. The summed E-state index contributed by atoms with van der Waals surface area (Å²) < 4.78 is 5.41. The molecule has 0 radical (unpaired) electrons. The fraction of sp³-hybridized carbons (Fsp3) is 0.462. The van der Waals surface area contributed by atoms with Gasteiger partial charge in [0.2, 0.25) is 0 Å². The Bertz CT molecular complexity index is 422. The number of morpholine rings is 1. The van der Waals surface area contributed by atoms with Crippen molar-refractivity contribution in [3.63, 3.8) is 0 Å². The van der Waals surface area contributed by atoms with Crippen LogP contribution in [0.3, 0.4) is 0 Å². The number of carbonyl (C=O) groups is 1. The standard InChI is InChI=1S/C13H19N3O2/c1-10-9-18-6-5-16(10)8-11-3-2-4-12(7-11)13(17)15-14/h2-4,7,10H,5-6,8-9,14H2,1H3,(H,15,17). The van der Waals surface area contributed by atoms with E-state index in [1.54, 1.807) is 6.07 Å². The summed E-state index contributed by atoms with van der Waals surface area (Å²) in [5, 5.41) is 0. The topological polar surface area (TPSA) is 67.6 Å². The third-order valence-electron chi connectivity index (χ3n) is 3.21. The second-order valence-corrected chi connectivity index (χ2v) is 4.57. The number of benzene rings is 1. The summed E-state index contributed by atoms with van der Waals surface area (Å²) >= 11 is 0. The lowest BCUT2D eigenvalue weighted by atomic mass is 10.1. The van der Waals surface area contributed by atoms with Gasteiger partial charge in [0.1, 0.15) is 0 Å². The number of nitrogens with two attached hydrogens (primary N) is 1. The highest BCUT2D eigenvalue weighted by molar-refractivity contribution is 5.93. The van der Waals surface area contributed by atoms with Gasteiger partial charge in [0.05, 0.1) is 13.2 Å². The molecule has 0 saturated carbocycles. The number of rotatable bonds is 3. The molecule has 5 nitrogen and oxygen atoms in total. The van der Waals surface area contributed by atoms with Gasteiger partial charge in [-0.05, 0) is 24.6 Å². The molecule has 5 heteroatoms. The first-order chi connectivity index (χ1) is 8.70. The van der Waals surface area contributed by atoms with Crippen LogP contribution in [0.2, 0.25) is 0 Å².